The Morgan fingerprint density at radius 2 is 1.96 bits per heavy atom. The molecule has 5 nitrogen and oxygen atoms in total. The number of carbonyl (C=O) groups is 1. The van der Waals surface area contributed by atoms with Crippen LogP contribution < -0.4 is 0 Å². The zero-order valence-corrected chi connectivity index (χ0v) is 14.0. The number of piperidine rings is 1. The number of para-hydroxylation sites is 1. The van der Waals surface area contributed by atoms with E-state index >= 15 is 0 Å². The lowest BCUT2D eigenvalue weighted by atomic mass is 9.89. The first-order valence-corrected chi connectivity index (χ1v) is 8.67. The Bertz CT molecular complexity index is 880. The van der Waals surface area contributed by atoms with E-state index in [1.165, 1.54) is 26.9 Å². The normalized spacial score (nSPS) is 15.6. The molecule has 3 heterocycles. The van der Waals surface area contributed by atoms with E-state index in [1.807, 2.05) is 12.3 Å². The summed E-state index contributed by atoms with van der Waals surface area (Å²) in [6.45, 7) is 2.02. The van der Waals surface area contributed by atoms with Gasteiger partial charge in [0.05, 0.1) is 0 Å². The van der Waals surface area contributed by atoms with Crippen LogP contribution in [0.1, 0.15) is 29.9 Å². The molecule has 0 saturated carbocycles. The van der Waals surface area contributed by atoms with Crippen molar-refractivity contribution in [1.29, 1.82) is 0 Å². The molecule has 5 heteroatoms. The molecule has 1 aliphatic heterocycles. The molecule has 0 aliphatic carbocycles. The lowest BCUT2D eigenvalue weighted by Crippen LogP contribution is -2.36. The smallest absolute Gasteiger partial charge is 0.407 e. The Morgan fingerprint density at radius 1 is 1.16 bits per heavy atom. The maximum absolute atomic E-state index is 11.1. The highest BCUT2D eigenvalue weighted by atomic mass is 16.4. The number of carboxylic acid groups (broad SMARTS) is 1. The predicted molar refractivity (Wildman–Crippen MR) is 96.8 cm³/mol. The zero-order valence-electron chi connectivity index (χ0n) is 14.0. The van der Waals surface area contributed by atoms with E-state index in [4.69, 9.17) is 5.11 Å². The summed E-state index contributed by atoms with van der Waals surface area (Å²) in [6, 6.07) is 12.5. The standard InChI is InChI=1S/C20H21N3O2/c24-20(25)22-10-7-16(8-11-22)18-14-23(13-15-4-3-9-21-12-15)19-6-2-1-5-17(18)19/h1-6,9,12,14,16H,7-8,10-11,13H2,(H,24,25). The van der Waals surface area contributed by atoms with E-state index in [1.54, 1.807) is 6.20 Å². The van der Waals surface area contributed by atoms with Crippen molar-refractivity contribution < 1.29 is 9.90 Å². The number of likely N-dealkylation sites (tertiary alicyclic amines) is 1. The van der Waals surface area contributed by atoms with Crippen LogP contribution in [-0.4, -0.2) is 38.7 Å². The van der Waals surface area contributed by atoms with Gasteiger partial charge in [-0.15, -0.1) is 0 Å². The summed E-state index contributed by atoms with van der Waals surface area (Å²) in [4.78, 5) is 16.9. The first kappa shape index (κ1) is 15.7. The van der Waals surface area contributed by atoms with Crippen molar-refractivity contribution in [2.75, 3.05) is 13.1 Å². The number of benzene rings is 1. The highest BCUT2D eigenvalue weighted by Gasteiger charge is 2.25. The fourth-order valence-electron chi connectivity index (χ4n) is 3.80. The number of rotatable bonds is 3. The van der Waals surface area contributed by atoms with Crippen molar-refractivity contribution in [2.24, 2.45) is 0 Å². The van der Waals surface area contributed by atoms with Gasteiger partial charge in [0.15, 0.2) is 0 Å². The molecule has 1 amide bonds. The average Bonchev–Trinajstić information content (AvgIpc) is 3.01. The van der Waals surface area contributed by atoms with Crippen molar-refractivity contribution in [3.8, 4) is 0 Å². The second-order valence-corrected chi connectivity index (χ2v) is 6.63. The first-order valence-electron chi connectivity index (χ1n) is 8.67. The number of hydrogen-bond donors (Lipinski definition) is 1. The summed E-state index contributed by atoms with van der Waals surface area (Å²) in [7, 11) is 0. The third-order valence-corrected chi connectivity index (χ3v) is 5.10. The minimum Gasteiger partial charge on any atom is -0.465 e. The topological polar surface area (TPSA) is 58.4 Å². The number of aromatic nitrogens is 2. The number of amides is 1. The van der Waals surface area contributed by atoms with Gasteiger partial charge in [0.2, 0.25) is 0 Å². The van der Waals surface area contributed by atoms with Crippen molar-refractivity contribution in [1.82, 2.24) is 14.5 Å². The molecule has 1 N–H and O–H groups in total. The van der Waals surface area contributed by atoms with E-state index in [0.717, 1.165) is 19.4 Å². The van der Waals surface area contributed by atoms with Gasteiger partial charge in [0, 0.05) is 49.1 Å². The first-order chi connectivity index (χ1) is 12.2. The van der Waals surface area contributed by atoms with Gasteiger partial charge in [0.1, 0.15) is 0 Å². The maximum atomic E-state index is 11.1. The van der Waals surface area contributed by atoms with Gasteiger partial charge in [0.25, 0.3) is 0 Å². The second kappa shape index (κ2) is 6.59. The van der Waals surface area contributed by atoms with E-state index in [0.29, 0.717) is 19.0 Å². The highest BCUT2D eigenvalue weighted by molar-refractivity contribution is 5.84. The number of nitrogens with zero attached hydrogens (tertiary/aromatic N) is 3. The molecule has 0 atom stereocenters. The fraction of sp³-hybridized carbons (Fsp3) is 0.300. The molecule has 0 spiro atoms. The van der Waals surface area contributed by atoms with Gasteiger partial charge in [-0.1, -0.05) is 24.3 Å². The molecule has 1 fully saturated rings. The van der Waals surface area contributed by atoms with Crippen LogP contribution in [0.5, 0.6) is 0 Å². The van der Waals surface area contributed by atoms with E-state index in [-0.39, 0.29) is 0 Å². The molecule has 0 bridgehead atoms. The Morgan fingerprint density at radius 3 is 2.68 bits per heavy atom. The summed E-state index contributed by atoms with van der Waals surface area (Å²) < 4.78 is 2.28. The Balaban J connectivity index is 1.65. The SMILES string of the molecule is O=C(O)N1CCC(c2cn(Cc3cccnc3)c3ccccc23)CC1. The van der Waals surface area contributed by atoms with Crippen LogP contribution >= 0.6 is 0 Å². The fourth-order valence-corrected chi connectivity index (χ4v) is 3.80. The average molecular weight is 335 g/mol. The van der Waals surface area contributed by atoms with Gasteiger partial charge >= 0.3 is 6.09 Å². The van der Waals surface area contributed by atoms with Crippen molar-refractivity contribution in [2.45, 2.75) is 25.3 Å². The molecular formula is C20H21N3O2. The van der Waals surface area contributed by atoms with Crippen molar-refractivity contribution >= 4 is 17.0 Å². The molecule has 25 heavy (non-hydrogen) atoms. The van der Waals surface area contributed by atoms with E-state index in [2.05, 4.69) is 46.1 Å². The van der Waals surface area contributed by atoms with Crippen molar-refractivity contribution in [3.05, 3.63) is 66.1 Å². The third kappa shape index (κ3) is 3.09. The minimum absolute atomic E-state index is 0.413. The van der Waals surface area contributed by atoms with Crippen LogP contribution in [0.25, 0.3) is 10.9 Å². The van der Waals surface area contributed by atoms with Crippen LogP contribution in [0.2, 0.25) is 0 Å². The molecule has 0 unspecified atom stereocenters. The van der Waals surface area contributed by atoms with Gasteiger partial charge in [-0.3, -0.25) is 4.98 Å². The van der Waals surface area contributed by atoms with Crippen LogP contribution in [-0.2, 0) is 6.54 Å². The molecule has 1 aliphatic rings. The minimum atomic E-state index is -0.808. The molecule has 0 radical (unpaired) electrons. The quantitative estimate of drug-likeness (QED) is 0.788. The number of pyridine rings is 1. The maximum Gasteiger partial charge on any atom is 0.407 e. The van der Waals surface area contributed by atoms with Crippen LogP contribution in [0, 0.1) is 0 Å². The summed E-state index contributed by atoms with van der Waals surface area (Å²) in [5.74, 6) is 0.413. The van der Waals surface area contributed by atoms with E-state index < -0.39 is 6.09 Å². The Labute approximate surface area is 146 Å². The highest BCUT2D eigenvalue weighted by Crippen LogP contribution is 2.34. The largest absolute Gasteiger partial charge is 0.465 e. The monoisotopic (exact) mass is 335 g/mol. The van der Waals surface area contributed by atoms with Gasteiger partial charge < -0.3 is 14.6 Å². The molecule has 1 aromatic carbocycles. The van der Waals surface area contributed by atoms with Gasteiger partial charge in [-0.2, -0.15) is 0 Å². The lowest BCUT2D eigenvalue weighted by molar-refractivity contribution is 0.132. The van der Waals surface area contributed by atoms with Crippen LogP contribution in [0.3, 0.4) is 0 Å². The summed E-state index contributed by atoms with van der Waals surface area (Å²) in [6.07, 6.45) is 6.90. The lowest BCUT2D eigenvalue weighted by Gasteiger charge is -2.29. The van der Waals surface area contributed by atoms with Gasteiger partial charge in [-0.05, 0) is 42.0 Å². The Hall–Kier alpha value is -2.82. The molecular weight excluding hydrogens is 314 g/mol. The number of fused-ring (bicyclic) bond motifs is 1. The molecule has 2 aromatic heterocycles. The number of hydrogen-bond acceptors (Lipinski definition) is 2. The second-order valence-electron chi connectivity index (χ2n) is 6.63. The molecule has 4 rings (SSSR count). The van der Waals surface area contributed by atoms with Gasteiger partial charge in [-0.25, -0.2) is 4.79 Å². The van der Waals surface area contributed by atoms with Crippen LogP contribution in [0.15, 0.2) is 55.0 Å². The third-order valence-electron chi connectivity index (χ3n) is 5.10. The Kier molecular flexibility index (Phi) is 4.14. The summed E-state index contributed by atoms with van der Waals surface area (Å²) in [5, 5.41) is 10.4. The summed E-state index contributed by atoms with van der Waals surface area (Å²) in [5.41, 5.74) is 3.74. The van der Waals surface area contributed by atoms with Crippen molar-refractivity contribution in [3.63, 3.8) is 0 Å². The zero-order chi connectivity index (χ0) is 17.2. The molecule has 1 saturated heterocycles. The summed E-state index contributed by atoms with van der Waals surface area (Å²) >= 11 is 0. The predicted octanol–water partition coefficient (Wildman–Crippen LogP) is 3.94. The molecule has 3 aromatic rings. The van der Waals surface area contributed by atoms with E-state index in [9.17, 15) is 4.79 Å². The molecule has 128 valence electrons. The van der Waals surface area contributed by atoms with Crippen LogP contribution in [0.4, 0.5) is 4.79 Å².